The SMILES string of the molecule is O=C(O)Sc1c(F)cccc1F. The molecule has 1 aromatic carbocycles. The molecule has 0 amide bonds. The van der Waals surface area contributed by atoms with E-state index >= 15 is 0 Å². The van der Waals surface area contributed by atoms with Crippen LogP contribution in [-0.4, -0.2) is 10.4 Å². The second-order valence-electron chi connectivity index (χ2n) is 1.92. The summed E-state index contributed by atoms with van der Waals surface area (Å²) in [7, 11) is 0. The number of thioether (sulfide) groups is 1. The van der Waals surface area contributed by atoms with Gasteiger partial charge in [-0.05, 0) is 23.9 Å². The van der Waals surface area contributed by atoms with Crippen LogP contribution in [0.5, 0.6) is 0 Å². The van der Waals surface area contributed by atoms with Gasteiger partial charge >= 0.3 is 5.30 Å². The zero-order valence-corrected chi connectivity index (χ0v) is 6.57. The molecule has 1 aromatic rings. The van der Waals surface area contributed by atoms with Crippen molar-refractivity contribution >= 4 is 17.1 Å². The van der Waals surface area contributed by atoms with E-state index in [4.69, 9.17) is 5.11 Å². The minimum Gasteiger partial charge on any atom is -0.473 e. The average molecular weight is 190 g/mol. The lowest BCUT2D eigenvalue weighted by molar-refractivity contribution is 0.222. The van der Waals surface area contributed by atoms with E-state index in [1.807, 2.05) is 0 Å². The van der Waals surface area contributed by atoms with E-state index in [0.717, 1.165) is 12.1 Å². The van der Waals surface area contributed by atoms with E-state index in [0.29, 0.717) is 0 Å². The fourth-order valence-corrected chi connectivity index (χ4v) is 1.17. The Kier molecular flexibility index (Phi) is 2.65. The smallest absolute Gasteiger partial charge is 0.369 e. The fourth-order valence-electron chi connectivity index (χ4n) is 0.667. The molecule has 0 aliphatic carbocycles. The van der Waals surface area contributed by atoms with Crippen LogP contribution in [-0.2, 0) is 0 Å². The molecule has 1 rings (SSSR count). The third kappa shape index (κ3) is 1.94. The van der Waals surface area contributed by atoms with Gasteiger partial charge in [0, 0.05) is 0 Å². The first-order valence-corrected chi connectivity index (χ1v) is 3.77. The minimum absolute atomic E-state index is 0.118. The van der Waals surface area contributed by atoms with E-state index in [1.54, 1.807) is 0 Å². The summed E-state index contributed by atoms with van der Waals surface area (Å²) >= 11 is 0.118. The first-order chi connectivity index (χ1) is 5.61. The van der Waals surface area contributed by atoms with Gasteiger partial charge in [-0.3, -0.25) is 0 Å². The molecule has 0 aliphatic rings. The lowest BCUT2D eigenvalue weighted by Crippen LogP contribution is -1.90. The topological polar surface area (TPSA) is 37.3 Å². The van der Waals surface area contributed by atoms with Crippen LogP contribution in [0.4, 0.5) is 13.6 Å². The zero-order chi connectivity index (χ0) is 9.14. The maximum atomic E-state index is 12.7. The van der Waals surface area contributed by atoms with Crippen LogP contribution in [0.1, 0.15) is 0 Å². The summed E-state index contributed by atoms with van der Waals surface area (Å²) in [4.78, 5) is 9.62. The van der Waals surface area contributed by atoms with Gasteiger partial charge < -0.3 is 5.11 Å². The Bertz CT molecular complexity index is 294. The van der Waals surface area contributed by atoms with Crippen LogP contribution < -0.4 is 0 Å². The molecule has 0 aromatic heterocycles. The highest BCUT2D eigenvalue weighted by atomic mass is 32.2. The van der Waals surface area contributed by atoms with Crippen LogP contribution in [0, 0.1) is 11.6 Å². The average Bonchev–Trinajstić information content (AvgIpc) is 1.97. The monoisotopic (exact) mass is 190 g/mol. The molecule has 0 bridgehead atoms. The number of halogens is 2. The predicted octanol–water partition coefficient (Wildman–Crippen LogP) is 2.73. The van der Waals surface area contributed by atoms with Crippen LogP contribution in [0.25, 0.3) is 0 Å². The minimum atomic E-state index is -1.33. The third-order valence-electron chi connectivity index (χ3n) is 1.11. The first kappa shape index (κ1) is 8.99. The highest BCUT2D eigenvalue weighted by Crippen LogP contribution is 2.24. The number of benzene rings is 1. The van der Waals surface area contributed by atoms with Crippen LogP contribution in [0.15, 0.2) is 23.1 Å². The summed E-state index contributed by atoms with van der Waals surface area (Å²) in [5, 5.41) is 6.91. The summed E-state index contributed by atoms with van der Waals surface area (Å²) in [5.41, 5.74) is 0. The number of hydrogen-bond donors (Lipinski definition) is 1. The lowest BCUT2D eigenvalue weighted by atomic mass is 10.3. The Morgan fingerprint density at radius 1 is 1.33 bits per heavy atom. The molecular weight excluding hydrogens is 186 g/mol. The van der Waals surface area contributed by atoms with Crippen molar-refractivity contribution in [3.63, 3.8) is 0 Å². The lowest BCUT2D eigenvalue weighted by Gasteiger charge is -1.98. The van der Waals surface area contributed by atoms with Crippen molar-refractivity contribution in [2.45, 2.75) is 4.90 Å². The Morgan fingerprint density at radius 2 is 1.83 bits per heavy atom. The van der Waals surface area contributed by atoms with E-state index in [1.165, 1.54) is 6.07 Å². The Balaban J connectivity index is 3.04. The quantitative estimate of drug-likeness (QED) is 0.692. The molecule has 0 saturated carbocycles. The van der Waals surface area contributed by atoms with Gasteiger partial charge in [-0.2, -0.15) is 0 Å². The number of hydrogen-bond acceptors (Lipinski definition) is 2. The molecule has 0 aliphatic heterocycles. The molecule has 0 fully saturated rings. The van der Waals surface area contributed by atoms with Gasteiger partial charge in [0.05, 0.1) is 4.90 Å². The molecule has 0 atom stereocenters. The molecule has 12 heavy (non-hydrogen) atoms. The molecule has 0 radical (unpaired) electrons. The Hall–Kier alpha value is -1.10. The fraction of sp³-hybridized carbons (Fsp3) is 0. The first-order valence-electron chi connectivity index (χ1n) is 2.96. The van der Waals surface area contributed by atoms with Crippen molar-refractivity contribution in [3.05, 3.63) is 29.8 Å². The van der Waals surface area contributed by atoms with Crippen LogP contribution >= 0.6 is 11.8 Å². The van der Waals surface area contributed by atoms with Crippen molar-refractivity contribution in [3.8, 4) is 0 Å². The predicted molar refractivity (Wildman–Crippen MR) is 40.2 cm³/mol. The summed E-state index contributed by atoms with van der Waals surface area (Å²) in [6.45, 7) is 0. The molecular formula is C7H4F2O2S. The summed E-state index contributed by atoms with van der Waals surface area (Å²) in [5.74, 6) is -1.72. The summed E-state index contributed by atoms with van der Waals surface area (Å²) < 4.78 is 25.4. The highest BCUT2D eigenvalue weighted by Gasteiger charge is 2.12. The molecule has 0 spiro atoms. The van der Waals surface area contributed by atoms with Gasteiger partial charge in [0.2, 0.25) is 0 Å². The van der Waals surface area contributed by atoms with Crippen molar-refractivity contribution in [1.29, 1.82) is 0 Å². The van der Waals surface area contributed by atoms with Crippen LogP contribution in [0.2, 0.25) is 0 Å². The molecule has 0 heterocycles. The molecule has 2 nitrogen and oxygen atoms in total. The van der Waals surface area contributed by atoms with E-state index in [9.17, 15) is 13.6 Å². The van der Waals surface area contributed by atoms with E-state index < -0.39 is 21.8 Å². The van der Waals surface area contributed by atoms with Crippen molar-refractivity contribution in [2.24, 2.45) is 0 Å². The Labute approximate surface area is 71.2 Å². The molecule has 0 unspecified atom stereocenters. The number of carbonyl (C=O) groups is 1. The molecule has 0 saturated heterocycles. The van der Waals surface area contributed by atoms with Gasteiger partial charge in [-0.1, -0.05) is 6.07 Å². The Morgan fingerprint density at radius 3 is 2.25 bits per heavy atom. The standard InChI is InChI=1S/C7H4F2O2S/c8-4-2-1-3-5(9)6(4)12-7(10)11/h1-3H,(H,10,11). The van der Waals surface area contributed by atoms with Crippen molar-refractivity contribution in [2.75, 3.05) is 0 Å². The van der Waals surface area contributed by atoms with Gasteiger partial charge in [0.1, 0.15) is 11.6 Å². The maximum Gasteiger partial charge on any atom is 0.369 e. The van der Waals surface area contributed by atoms with E-state index in [-0.39, 0.29) is 11.8 Å². The largest absolute Gasteiger partial charge is 0.473 e. The van der Waals surface area contributed by atoms with Crippen LogP contribution in [0.3, 0.4) is 0 Å². The van der Waals surface area contributed by atoms with Gasteiger partial charge in [0.25, 0.3) is 0 Å². The van der Waals surface area contributed by atoms with E-state index in [2.05, 4.69) is 0 Å². The second-order valence-corrected chi connectivity index (χ2v) is 2.88. The highest BCUT2D eigenvalue weighted by molar-refractivity contribution is 8.13. The molecule has 5 heteroatoms. The number of carboxylic acid groups (broad SMARTS) is 1. The van der Waals surface area contributed by atoms with Gasteiger partial charge in [0.15, 0.2) is 0 Å². The third-order valence-corrected chi connectivity index (χ3v) is 1.88. The normalized spacial score (nSPS) is 9.83. The van der Waals surface area contributed by atoms with Gasteiger partial charge in [-0.25, -0.2) is 13.6 Å². The molecule has 64 valence electrons. The second kappa shape index (κ2) is 3.53. The molecule has 1 N–H and O–H groups in total. The number of rotatable bonds is 1. The van der Waals surface area contributed by atoms with Crippen molar-refractivity contribution < 1.29 is 18.7 Å². The zero-order valence-electron chi connectivity index (χ0n) is 5.75. The van der Waals surface area contributed by atoms with Crippen molar-refractivity contribution in [1.82, 2.24) is 0 Å². The van der Waals surface area contributed by atoms with Gasteiger partial charge in [-0.15, -0.1) is 0 Å². The summed E-state index contributed by atoms with van der Waals surface area (Å²) in [6.07, 6.45) is 0. The summed E-state index contributed by atoms with van der Waals surface area (Å²) in [6, 6.07) is 3.19. The maximum absolute atomic E-state index is 12.7.